The molecule has 0 saturated carbocycles. The lowest BCUT2D eigenvalue weighted by Crippen LogP contribution is -2.33. The first kappa shape index (κ1) is 18.2. The van der Waals surface area contributed by atoms with E-state index < -0.39 is 10.0 Å². The average molecular weight is 334 g/mol. The van der Waals surface area contributed by atoms with Gasteiger partial charge in [-0.05, 0) is 51.7 Å². The Morgan fingerprint density at radius 2 is 1.86 bits per heavy atom. The molecule has 120 valence electrons. The van der Waals surface area contributed by atoms with E-state index in [2.05, 4.69) is 0 Å². The van der Waals surface area contributed by atoms with Crippen LogP contribution in [0.2, 0.25) is 5.02 Å². The van der Waals surface area contributed by atoms with Crippen molar-refractivity contribution >= 4 is 27.3 Å². The minimum Gasteiger partial charge on any atom is -0.397 e. The summed E-state index contributed by atoms with van der Waals surface area (Å²) in [5.74, 6) is 0. The number of anilines is 1. The van der Waals surface area contributed by atoms with Gasteiger partial charge in [-0.1, -0.05) is 18.5 Å². The molecule has 0 bridgehead atoms. The van der Waals surface area contributed by atoms with E-state index in [1.54, 1.807) is 13.0 Å². The molecule has 0 aliphatic rings. The van der Waals surface area contributed by atoms with E-state index in [1.807, 2.05) is 25.9 Å². The van der Waals surface area contributed by atoms with Gasteiger partial charge in [0.2, 0.25) is 10.0 Å². The van der Waals surface area contributed by atoms with Gasteiger partial charge in [-0.25, -0.2) is 8.42 Å². The third-order valence-corrected chi connectivity index (χ3v) is 5.72. The molecule has 0 amide bonds. The van der Waals surface area contributed by atoms with Gasteiger partial charge in [-0.3, -0.25) is 0 Å². The lowest BCUT2D eigenvalue weighted by Gasteiger charge is -2.22. The van der Waals surface area contributed by atoms with E-state index >= 15 is 0 Å². The van der Waals surface area contributed by atoms with Crippen LogP contribution in [-0.4, -0.2) is 51.4 Å². The Hall–Kier alpha value is -0.820. The Balaban J connectivity index is 3.05. The highest BCUT2D eigenvalue weighted by atomic mass is 35.5. The molecule has 0 aliphatic carbocycles. The van der Waals surface area contributed by atoms with Gasteiger partial charge in [-0.2, -0.15) is 4.31 Å². The normalized spacial score (nSPS) is 12.3. The zero-order valence-electron chi connectivity index (χ0n) is 13.1. The largest absolute Gasteiger partial charge is 0.397 e. The van der Waals surface area contributed by atoms with Gasteiger partial charge in [0.05, 0.1) is 15.6 Å². The van der Waals surface area contributed by atoms with Crippen molar-refractivity contribution in [2.75, 3.05) is 39.5 Å². The van der Waals surface area contributed by atoms with Crippen molar-refractivity contribution in [1.29, 1.82) is 0 Å². The molecule has 7 heteroatoms. The van der Waals surface area contributed by atoms with Crippen LogP contribution in [-0.2, 0) is 10.0 Å². The Labute approximate surface area is 132 Å². The topological polar surface area (TPSA) is 66.6 Å². The van der Waals surface area contributed by atoms with Gasteiger partial charge < -0.3 is 10.6 Å². The Kier molecular flexibility index (Phi) is 6.46. The molecular weight excluding hydrogens is 310 g/mol. The fraction of sp³-hybridized carbons (Fsp3) is 0.571. The maximum absolute atomic E-state index is 12.7. The van der Waals surface area contributed by atoms with Crippen molar-refractivity contribution in [2.45, 2.75) is 25.2 Å². The van der Waals surface area contributed by atoms with Crippen LogP contribution in [0.15, 0.2) is 17.0 Å². The average Bonchev–Trinajstić information content (AvgIpc) is 2.38. The summed E-state index contributed by atoms with van der Waals surface area (Å²) in [5.41, 5.74) is 6.64. The Morgan fingerprint density at radius 3 is 2.38 bits per heavy atom. The van der Waals surface area contributed by atoms with Gasteiger partial charge in [0.15, 0.2) is 0 Å². The summed E-state index contributed by atoms with van der Waals surface area (Å²) < 4.78 is 27.0. The van der Waals surface area contributed by atoms with Gasteiger partial charge in [0.25, 0.3) is 0 Å². The van der Waals surface area contributed by atoms with Crippen molar-refractivity contribution < 1.29 is 8.42 Å². The van der Waals surface area contributed by atoms with Crippen molar-refractivity contribution in [3.63, 3.8) is 0 Å². The number of hydrogen-bond acceptors (Lipinski definition) is 4. The number of hydrogen-bond donors (Lipinski definition) is 1. The predicted octanol–water partition coefficient (Wildman–Crippen LogP) is 2.19. The molecule has 2 N–H and O–H groups in total. The molecule has 0 unspecified atom stereocenters. The van der Waals surface area contributed by atoms with Crippen LogP contribution in [0, 0.1) is 6.92 Å². The molecule has 1 aromatic carbocycles. The summed E-state index contributed by atoms with van der Waals surface area (Å²) in [5, 5.41) is 0.377. The number of nitrogens with two attached hydrogens (primary N) is 1. The molecule has 0 aliphatic heterocycles. The van der Waals surface area contributed by atoms with Crippen LogP contribution >= 0.6 is 11.6 Å². The molecule has 0 fully saturated rings. The number of halogens is 1. The van der Waals surface area contributed by atoms with Crippen molar-refractivity contribution in [3.8, 4) is 0 Å². The van der Waals surface area contributed by atoms with Gasteiger partial charge in [0.1, 0.15) is 0 Å². The van der Waals surface area contributed by atoms with Crippen molar-refractivity contribution in [2.24, 2.45) is 0 Å². The van der Waals surface area contributed by atoms with Crippen LogP contribution in [0.3, 0.4) is 0 Å². The zero-order chi connectivity index (χ0) is 16.2. The molecular formula is C14H24ClN3O2S. The quantitative estimate of drug-likeness (QED) is 0.777. The molecule has 0 atom stereocenters. The van der Waals surface area contributed by atoms with E-state index in [0.717, 1.165) is 13.0 Å². The Bertz CT molecular complexity index is 588. The molecule has 0 saturated heterocycles. The van der Waals surface area contributed by atoms with Crippen LogP contribution in [0.1, 0.15) is 18.9 Å². The zero-order valence-corrected chi connectivity index (χ0v) is 14.6. The third-order valence-electron chi connectivity index (χ3n) is 3.28. The summed E-state index contributed by atoms with van der Waals surface area (Å²) >= 11 is 5.93. The number of rotatable bonds is 7. The van der Waals surface area contributed by atoms with Crippen LogP contribution in [0.5, 0.6) is 0 Å². The molecule has 21 heavy (non-hydrogen) atoms. The number of benzene rings is 1. The minimum atomic E-state index is -3.54. The molecule has 0 spiro atoms. The lowest BCUT2D eigenvalue weighted by atomic mass is 10.2. The third kappa shape index (κ3) is 4.57. The maximum atomic E-state index is 12.7. The number of nitrogen functional groups attached to an aromatic ring is 1. The molecule has 0 radical (unpaired) electrons. The molecule has 0 heterocycles. The minimum absolute atomic E-state index is 0.233. The first-order valence-electron chi connectivity index (χ1n) is 6.90. The van der Waals surface area contributed by atoms with E-state index in [4.69, 9.17) is 17.3 Å². The molecule has 0 aromatic heterocycles. The summed E-state index contributed by atoms with van der Waals surface area (Å²) in [6, 6.07) is 3.04. The highest BCUT2D eigenvalue weighted by Crippen LogP contribution is 2.28. The van der Waals surface area contributed by atoms with Crippen LogP contribution in [0.4, 0.5) is 5.69 Å². The van der Waals surface area contributed by atoms with Gasteiger partial charge in [-0.15, -0.1) is 0 Å². The number of aryl methyl sites for hydroxylation is 1. The summed E-state index contributed by atoms with van der Waals surface area (Å²) in [4.78, 5) is 2.27. The second-order valence-electron chi connectivity index (χ2n) is 5.29. The predicted molar refractivity (Wildman–Crippen MR) is 88.2 cm³/mol. The molecule has 1 rings (SSSR count). The molecule has 5 nitrogen and oxygen atoms in total. The SMILES string of the molecule is CCN(CCCN(C)C)S(=O)(=O)c1cc(N)c(Cl)cc1C. The maximum Gasteiger partial charge on any atom is 0.243 e. The van der Waals surface area contributed by atoms with E-state index in [-0.39, 0.29) is 10.6 Å². The van der Waals surface area contributed by atoms with Gasteiger partial charge >= 0.3 is 0 Å². The monoisotopic (exact) mass is 333 g/mol. The highest BCUT2D eigenvalue weighted by Gasteiger charge is 2.25. The first-order valence-corrected chi connectivity index (χ1v) is 8.72. The Morgan fingerprint density at radius 1 is 1.24 bits per heavy atom. The van der Waals surface area contributed by atoms with Crippen LogP contribution in [0.25, 0.3) is 0 Å². The first-order chi connectivity index (χ1) is 9.70. The van der Waals surface area contributed by atoms with E-state index in [9.17, 15) is 8.42 Å². The number of nitrogens with zero attached hydrogens (tertiary/aromatic N) is 2. The fourth-order valence-corrected chi connectivity index (χ4v) is 4.04. The van der Waals surface area contributed by atoms with Crippen molar-refractivity contribution in [1.82, 2.24) is 9.21 Å². The molecule has 1 aromatic rings. The van der Waals surface area contributed by atoms with Gasteiger partial charge in [0, 0.05) is 13.1 Å². The summed E-state index contributed by atoms with van der Waals surface area (Å²) in [6.07, 6.45) is 0.780. The number of sulfonamides is 1. The highest BCUT2D eigenvalue weighted by molar-refractivity contribution is 7.89. The van der Waals surface area contributed by atoms with E-state index in [1.165, 1.54) is 10.4 Å². The fourth-order valence-electron chi connectivity index (χ4n) is 2.10. The summed E-state index contributed by atoms with van der Waals surface area (Å²) in [6.45, 7) is 5.32. The van der Waals surface area contributed by atoms with Crippen LogP contribution < -0.4 is 5.73 Å². The second-order valence-corrected chi connectivity index (χ2v) is 7.61. The second kappa shape index (κ2) is 7.45. The summed E-state index contributed by atoms with van der Waals surface area (Å²) in [7, 11) is 0.391. The van der Waals surface area contributed by atoms with E-state index in [0.29, 0.717) is 23.7 Å². The standard InChI is InChI=1S/C14H24ClN3O2S/c1-5-18(8-6-7-17(3)4)21(19,20)14-10-13(16)12(15)9-11(14)2/h9-10H,5-8,16H2,1-4H3. The smallest absolute Gasteiger partial charge is 0.243 e. The lowest BCUT2D eigenvalue weighted by molar-refractivity contribution is 0.356. The van der Waals surface area contributed by atoms with Crippen molar-refractivity contribution in [3.05, 3.63) is 22.7 Å².